The maximum Gasteiger partial charge on any atom is 0.185 e. The molecule has 70 valence electrons. The third kappa shape index (κ3) is 3.64. The molecule has 0 unspecified atom stereocenters. The van der Waals surface area contributed by atoms with E-state index >= 15 is 0 Å². The van der Waals surface area contributed by atoms with Crippen molar-refractivity contribution in [3.05, 3.63) is 35.4 Å². The van der Waals surface area contributed by atoms with E-state index in [0.29, 0.717) is 0 Å². The van der Waals surface area contributed by atoms with Crippen LogP contribution >= 0.6 is 11.8 Å². The number of hydrogen-bond acceptors (Lipinski definition) is 2. The summed E-state index contributed by atoms with van der Waals surface area (Å²) in [7, 11) is 0. The average Bonchev–Trinajstić information content (AvgIpc) is 2.08. The molecule has 0 aliphatic heterocycles. The summed E-state index contributed by atoms with van der Waals surface area (Å²) in [5.41, 5.74) is 2.66. The zero-order valence-electron chi connectivity index (χ0n) is 8.04. The van der Waals surface area contributed by atoms with Crippen LogP contribution in [0.2, 0.25) is 0 Å². The van der Waals surface area contributed by atoms with Crippen LogP contribution in [0, 0.1) is 6.92 Å². The predicted molar refractivity (Wildman–Crippen MR) is 58.0 cm³/mol. The molecule has 2 heteroatoms. The first-order valence-corrected chi connectivity index (χ1v) is 5.36. The molecule has 0 radical (unpaired) electrons. The number of carbonyl (C=O) groups excluding carboxylic acids is 1. The summed E-state index contributed by atoms with van der Waals surface area (Å²) in [5.74, 6) is 0.889. The lowest BCUT2D eigenvalue weighted by atomic mass is 10.1. The number of hydrogen-bond donors (Lipinski definition) is 0. The maximum atomic E-state index is 10.7. The molecule has 1 rings (SSSR count). The van der Waals surface area contributed by atoms with Gasteiger partial charge in [0.2, 0.25) is 0 Å². The van der Waals surface area contributed by atoms with Gasteiger partial charge < -0.3 is 0 Å². The van der Waals surface area contributed by atoms with Gasteiger partial charge in [0.1, 0.15) is 0 Å². The molecule has 1 nitrogen and oxygen atoms in total. The molecular formula is C11H14OS. The topological polar surface area (TPSA) is 17.1 Å². The normalized spacial score (nSPS) is 10.0. The molecule has 0 spiro atoms. The van der Waals surface area contributed by atoms with Gasteiger partial charge in [0.25, 0.3) is 0 Å². The molecule has 0 atom stereocenters. The number of thioether (sulfide) groups is 1. The van der Waals surface area contributed by atoms with Gasteiger partial charge in [-0.1, -0.05) is 36.0 Å². The fourth-order valence-electron chi connectivity index (χ4n) is 1.20. The highest BCUT2D eigenvalue weighted by atomic mass is 32.2. The third-order valence-electron chi connectivity index (χ3n) is 1.94. The molecule has 0 saturated carbocycles. The molecule has 0 bridgehead atoms. The average molecular weight is 194 g/mol. The van der Waals surface area contributed by atoms with Crippen molar-refractivity contribution in [3.63, 3.8) is 0 Å². The van der Waals surface area contributed by atoms with Crippen molar-refractivity contribution >= 4 is 16.9 Å². The zero-order valence-corrected chi connectivity index (χ0v) is 8.86. The Morgan fingerprint density at radius 2 is 2.08 bits per heavy atom. The molecule has 0 aliphatic carbocycles. The van der Waals surface area contributed by atoms with Crippen LogP contribution in [-0.2, 0) is 11.2 Å². The summed E-state index contributed by atoms with van der Waals surface area (Å²) < 4.78 is 0. The molecular weight excluding hydrogens is 180 g/mol. The molecule has 0 fully saturated rings. The second-order valence-corrected chi connectivity index (χ2v) is 4.29. The SMILES string of the molecule is CC(=O)SCCc1ccccc1C. The Labute approximate surface area is 83.5 Å². The lowest BCUT2D eigenvalue weighted by Crippen LogP contribution is -1.93. The Bertz CT molecular complexity index is 294. The van der Waals surface area contributed by atoms with Gasteiger partial charge in [0.05, 0.1) is 0 Å². The summed E-state index contributed by atoms with van der Waals surface area (Å²) in [4.78, 5) is 10.7. The first-order valence-electron chi connectivity index (χ1n) is 4.38. The minimum Gasteiger partial charge on any atom is -0.288 e. The highest BCUT2D eigenvalue weighted by Crippen LogP contribution is 2.11. The van der Waals surface area contributed by atoms with Gasteiger partial charge in [-0.15, -0.1) is 0 Å². The van der Waals surface area contributed by atoms with Gasteiger partial charge >= 0.3 is 0 Å². The van der Waals surface area contributed by atoms with Crippen molar-refractivity contribution in [2.24, 2.45) is 0 Å². The summed E-state index contributed by atoms with van der Waals surface area (Å²) >= 11 is 1.40. The minimum atomic E-state index is 0.202. The van der Waals surface area contributed by atoms with E-state index in [9.17, 15) is 4.79 Å². The van der Waals surface area contributed by atoms with Crippen molar-refractivity contribution in [2.45, 2.75) is 20.3 Å². The summed E-state index contributed by atoms with van der Waals surface area (Å²) in [6, 6.07) is 8.31. The quantitative estimate of drug-likeness (QED) is 0.736. The summed E-state index contributed by atoms with van der Waals surface area (Å²) in [6.07, 6.45) is 0.983. The Hall–Kier alpha value is -0.760. The lowest BCUT2D eigenvalue weighted by Gasteiger charge is -2.03. The number of benzene rings is 1. The van der Waals surface area contributed by atoms with E-state index < -0.39 is 0 Å². The third-order valence-corrected chi connectivity index (χ3v) is 2.75. The van der Waals surface area contributed by atoms with Crippen LogP contribution in [0.5, 0.6) is 0 Å². The van der Waals surface area contributed by atoms with Gasteiger partial charge in [0.15, 0.2) is 5.12 Å². The van der Waals surface area contributed by atoms with Gasteiger partial charge in [-0.05, 0) is 24.5 Å². The molecule has 13 heavy (non-hydrogen) atoms. The molecule has 1 aromatic carbocycles. The van der Waals surface area contributed by atoms with Gasteiger partial charge in [-0.3, -0.25) is 4.79 Å². The molecule has 0 amide bonds. The Balaban J connectivity index is 2.45. The standard InChI is InChI=1S/C11H14OS/c1-9-5-3-4-6-11(9)7-8-13-10(2)12/h3-6H,7-8H2,1-2H3. The Morgan fingerprint density at radius 1 is 1.38 bits per heavy atom. The summed E-state index contributed by atoms with van der Waals surface area (Å²) in [5, 5.41) is 0.202. The van der Waals surface area contributed by atoms with Crippen LogP contribution < -0.4 is 0 Å². The molecule has 0 N–H and O–H groups in total. The van der Waals surface area contributed by atoms with E-state index in [1.807, 2.05) is 12.1 Å². The van der Waals surface area contributed by atoms with Crippen LogP contribution in [-0.4, -0.2) is 10.9 Å². The lowest BCUT2D eigenvalue weighted by molar-refractivity contribution is -0.109. The van der Waals surface area contributed by atoms with E-state index in [1.54, 1.807) is 6.92 Å². The first kappa shape index (κ1) is 10.3. The van der Waals surface area contributed by atoms with E-state index in [2.05, 4.69) is 19.1 Å². The van der Waals surface area contributed by atoms with Crippen LogP contribution in [0.4, 0.5) is 0 Å². The van der Waals surface area contributed by atoms with Crippen molar-refractivity contribution in [1.82, 2.24) is 0 Å². The fraction of sp³-hybridized carbons (Fsp3) is 0.364. The molecule has 1 aromatic rings. The van der Waals surface area contributed by atoms with Crippen LogP contribution in [0.3, 0.4) is 0 Å². The number of aryl methyl sites for hydroxylation is 2. The fourth-order valence-corrected chi connectivity index (χ4v) is 1.80. The van der Waals surface area contributed by atoms with E-state index in [1.165, 1.54) is 22.9 Å². The van der Waals surface area contributed by atoms with Crippen molar-refractivity contribution < 1.29 is 4.79 Å². The Kier molecular flexibility index (Phi) is 4.03. The van der Waals surface area contributed by atoms with Crippen LogP contribution in [0.25, 0.3) is 0 Å². The van der Waals surface area contributed by atoms with Crippen molar-refractivity contribution in [3.8, 4) is 0 Å². The smallest absolute Gasteiger partial charge is 0.185 e. The maximum absolute atomic E-state index is 10.7. The monoisotopic (exact) mass is 194 g/mol. The van der Waals surface area contributed by atoms with Crippen LogP contribution in [0.1, 0.15) is 18.1 Å². The van der Waals surface area contributed by atoms with E-state index in [0.717, 1.165) is 12.2 Å². The number of carbonyl (C=O) groups is 1. The second-order valence-electron chi connectivity index (χ2n) is 3.02. The van der Waals surface area contributed by atoms with Crippen LogP contribution in [0.15, 0.2) is 24.3 Å². The largest absolute Gasteiger partial charge is 0.288 e. The van der Waals surface area contributed by atoms with Crippen molar-refractivity contribution in [2.75, 3.05) is 5.75 Å². The second kappa shape index (κ2) is 5.07. The zero-order chi connectivity index (χ0) is 9.68. The predicted octanol–water partition coefficient (Wildman–Crippen LogP) is 2.82. The summed E-state index contributed by atoms with van der Waals surface area (Å²) in [6.45, 7) is 3.72. The molecule has 0 aliphatic rings. The van der Waals surface area contributed by atoms with Crippen molar-refractivity contribution in [1.29, 1.82) is 0 Å². The van der Waals surface area contributed by atoms with Gasteiger partial charge in [-0.2, -0.15) is 0 Å². The van der Waals surface area contributed by atoms with E-state index in [-0.39, 0.29) is 5.12 Å². The first-order chi connectivity index (χ1) is 6.20. The Morgan fingerprint density at radius 3 is 2.69 bits per heavy atom. The molecule has 0 aromatic heterocycles. The molecule has 0 saturated heterocycles. The minimum absolute atomic E-state index is 0.202. The highest BCUT2D eigenvalue weighted by molar-refractivity contribution is 8.13. The molecule has 0 heterocycles. The van der Waals surface area contributed by atoms with E-state index in [4.69, 9.17) is 0 Å². The number of rotatable bonds is 3. The van der Waals surface area contributed by atoms with Gasteiger partial charge in [0, 0.05) is 12.7 Å². The van der Waals surface area contributed by atoms with Gasteiger partial charge in [-0.25, -0.2) is 0 Å². The highest BCUT2D eigenvalue weighted by Gasteiger charge is 1.98.